The van der Waals surface area contributed by atoms with Crippen LogP contribution in [0.2, 0.25) is 0 Å². The summed E-state index contributed by atoms with van der Waals surface area (Å²) in [5, 5.41) is 3.18. The zero-order chi connectivity index (χ0) is 15.1. The Morgan fingerprint density at radius 2 is 1.90 bits per heavy atom. The Labute approximate surface area is 122 Å². The molecule has 0 atom stereocenters. The summed E-state index contributed by atoms with van der Waals surface area (Å²) in [6.07, 6.45) is 0.820. The number of carbonyl (C=O) groups is 1. The van der Waals surface area contributed by atoms with Gasteiger partial charge < -0.3 is 15.1 Å². The van der Waals surface area contributed by atoms with Gasteiger partial charge in [-0.05, 0) is 39.6 Å². The molecule has 0 aliphatic rings. The van der Waals surface area contributed by atoms with E-state index in [1.807, 2.05) is 47.1 Å². The molecule has 0 unspecified atom stereocenters. The molecule has 1 aromatic heterocycles. The van der Waals surface area contributed by atoms with Crippen LogP contribution in [0.25, 0.3) is 0 Å². The van der Waals surface area contributed by atoms with Crippen LogP contribution in [0, 0.1) is 0 Å². The van der Waals surface area contributed by atoms with E-state index in [1.54, 1.807) is 4.90 Å². The van der Waals surface area contributed by atoms with E-state index in [4.69, 9.17) is 0 Å². The average Bonchev–Trinajstić information content (AvgIpc) is 2.43. The number of carbonyl (C=O) groups excluding carboxylic acids is 1. The topological polar surface area (TPSA) is 48.5 Å². The SMILES string of the molecule is CCNc1cc(C(=O)N(C)CCN(C)C)cc(CC)n1. The summed E-state index contributed by atoms with van der Waals surface area (Å²) in [6, 6.07) is 3.71. The monoisotopic (exact) mass is 278 g/mol. The lowest BCUT2D eigenvalue weighted by molar-refractivity contribution is 0.0786. The van der Waals surface area contributed by atoms with Crippen molar-refractivity contribution in [2.45, 2.75) is 20.3 Å². The molecule has 5 heteroatoms. The molecule has 1 rings (SSSR count). The first-order valence-electron chi connectivity index (χ1n) is 7.13. The van der Waals surface area contributed by atoms with Gasteiger partial charge in [-0.15, -0.1) is 0 Å². The van der Waals surface area contributed by atoms with Crippen molar-refractivity contribution < 1.29 is 4.79 Å². The number of likely N-dealkylation sites (N-methyl/N-ethyl adjacent to an activating group) is 2. The molecule has 1 N–H and O–H groups in total. The van der Waals surface area contributed by atoms with Crippen molar-refractivity contribution in [1.29, 1.82) is 0 Å². The summed E-state index contributed by atoms with van der Waals surface area (Å²) in [4.78, 5) is 20.7. The van der Waals surface area contributed by atoms with Gasteiger partial charge in [0.15, 0.2) is 0 Å². The maximum Gasteiger partial charge on any atom is 0.253 e. The number of anilines is 1. The van der Waals surface area contributed by atoms with Gasteiger partial charge in [0.2, 0.25) is 0 Å². The third kappa shape index (κ3) is 4.81. The van der Waals surface area contributed by atoms with E-state index < -0.39 is 0 Å². The molecule has 0 bridgehead atoms. The van der Waals surface area contributed by atoms with Gasteiger partial charge in [-0.25, -0.2) is 4.98 Å². The van der Waals surface area contributed by atoms with Gasteiger partial charge in [0.05, 0.1) is 0 Å². The first kappa shape index (κ1) is 16.4. The molecule has 1 heterocycles. The molecule has 0 aromatic carbocycles. The van der Waals surface area contributed by atoms with Crippen LogP contribution in [0.5, 0.6) is 0 Å². The predicted octanol–water partition coefficient (Wildman–Crippen LogP) is 1.71. The Morgan fingerprint density at radius 1 is 1.20 bits per heavy atom. The number of nitrogens with one attached hydrogen (secondary N) is 1. The molecule has 0 aliphatic carbocycles. The highest BCUT2D eigenvalue weighted by Crippen LogP contribution is 2.13. The van der Waals surface area contributed by atoms with Gasteiger partial charge >= 0.3 is 0 Å². The third-order valence-corrected chi connectivity index (χ3v) is 3.07. The van der Waals surface area contributed by atoms with Crippen LogP contribution in [0.4, 0.5) is 5.82 Å². The first-order chi connectivity index (χ1) is 9.47. The van der Waals surface area contributed by atoms with E-state index >= 15 is 0 Å². The van der Waals surface area contributed by atoms with E-state index in [1.165, 1.54) is 0 Å². The second-order valence-corrected chi connectivity index (χ2v) is 5.15. The molecule has 0 fully saturated rings. The highest BCUT2D eigenvalue weighted by atomic mass is 16.2. The summed E-state index contributed by atoms with van der Waals surface area (Å²) in [6.45, 7) is 6.43. The average molecular weight is 278 g/mol. The second-order valence-electron chi connectivity index (χ2n) is 5.15. The van der Waals surface area contributed by atoms with E-state index in [-0.39, 0.29) is 5.91 Å². The van der Waals surface area contributed by atoms with Crippen LogP contribution >= 0.6 is 0 Å². The van der Waals surface area contributed by atoms with Crippen molar-refractivity contribution in [1.82, 2.24) is 14.8 Å². The van der Waals surface area contributed by atoms with Crippen LogP contribution < -0.4 is 5.32 Å². The van der Waals surface area contributed by atoms with Crippen LogP contribution in [-0.4, -0.2) is 61.5 Å². The molecule has 1 amide bonds. The van der Waals surface area contributed by atoms with Crippen molar-refractivity contribution in [3.63, 3.8) is 0 Å². The Hall–Kier alpha value is -1.62. The first-order valence-corrected chi connectivity index (χ1v) is 7.13. The Morgan fingerprint density at radius 3 is 2.45 bits per heavy atom. The smallest absolute Gasteiger partial charge is 0.253 e. The fourth-order valence-corrected chi connectivity index (χ4v) is 1.84. The lowest BCUT2D eigenvalue weighted by atomic mass is 10.1. The van der Waals surface area contributed by atoms with E-state index in [0.29, 0.717) is 12.1 Å². The normalized spacial score (nSPS) is 10.7. The fraction of sp³-hybridized carbons (Fsp3) is 0.600. The number of nitrogens with zero attached hydrogens (tertiary/aromatic N) is 3. The number of hydrogen-bond donors (Lipinski definition) is 1. The number of hydrogen-bond acceptors (Lipinski definition) is 4. The molecule has 0 saturated heterocycles. The van der Waals surface area contributed by atoms with E-state index in [2.05, 4.69) is 15.2 Å². The minimum atomic E-state index is 0.0445. The van der Waals surface area contributed by atoms with Gasteiger partial charge in [0.1, 0.15) is 5.82 Å². The lowest BCUT2D eigenvalue weighted by Gasteiger charge is -2.20. The van der Waals surface area contributed by atoms with Gasteiger partial charge in [0.25, 0.3) is 5.91 Å². The molecule has 0 radical (unpaired) electrons. The van der Waals surface area contributed by atoms with E-state index in [9.17, 15) is 4.79 Å². The van der Waals surface area contributed by atoms with Crippen LogP contribution in [0.3, 0.4) is 0 Å². The standard InChI is InChI=1S/C15H26N4O/c1-6-13-10-12(11-14(17-13)16-7-2)15(20)19(5)9-8-18(3)4/h10-11H,6-9H2,1-5H3,(H,16,17). The zero-order valence-corrected chi connectivity index (χ0v) is 13.2. The zero-order valence-electron chi connectivity index (χ0n) is 13.2. The minimum absolute atomic E-state index is 0.0445. The van der Waals surface area contributed by atoms with Crippen LogP contribution in [0.1, 0.15) is 29.9 Å². The fourth-order valence-electron chi connectivity index (χ4n) is 1.84. The number of aromatic nitrogens is 1. The van der Waals surface area contributed by atoms with Crippen molar-refractivity contribution in [3.8, 4) is 0 Å². The Bertz CT molecular complexity index is 445. The number of aryl methyl sites for hydroxylation is 1. The highest BCUT2D eigenvalue weighted by molar-refractivity contribution is 5.94. The summed E-state index contributed by atoms with van der Waals surface area (Å²) < 4.78 is 0. The third-order valence-electron chi connectivity index (χ3n) is 3.07. The molecule has 1 aromatic rings. The molecule has 0 aliphatic heterocycles. The van der Waals surface area contributed by atoms with Crippen molar-refractivity contribution in [2.24, 2.45) is 0 Å². The summed E-state index contributed by atoms with van der Waals surface area (Å²) in [7, 11) is 5.84. The molecular formula is C15H26N4O. The largest absolute Gasteiger partial charge is 0.370 e. The number of amides is 1. The quantitative estimate of drug-likeness (QED) is 0.825. The summed E-state index contributed by atoms with van der Waals surface area (Å²) >= 11 is 0. The number of pyridine rings is 1. The maximum absolute atomic E-state index is 12.4. The Kier molecular flexibility index (Phi) is 6.45. The predicted molar refractivity (Wildman–Crippen MR) is 83.3 cm³/mol. The molecule has 0 spiro atoms. The van der Waals surface area contributed by atoms with Gasteiger partial charge in [-0.2, -0.15) is 0 Å². The van der Waals surface area contributed by atoms with Crippen LogP contribution in [0.15, 0.2) is 12.1 Å². The maximum atomic E-state index is 12.4. The Balaban J connectivity index is 2.87. The highest BCUT2D eigenvalue weighted by Gasteiger charge is 2.14. The lowest BCUT2D eigenvalue weighted by Crippen LogP contribution is -2.33. The van der Waals surface area contributed by atoms with Crippen LogP contribution in [-0.2, 0) is 6.42 Å². The van der Waals surface area contributed by atoms with Crippen molar-refractivity contribution >= 4 is 11.7 Å². The molecule has 20 heavy (non-hydrogen) atoms. The van der Waals surface area contributed by atoms with Crippen molar-refractivity contribution in [3.05, 3.63) is 23.4 Å². The van der Waals surface area contributed by atoms with Gasteiger partial charge in [0, 0.05) is 37.9 Å². The molecule has 112 valence electrons. The summed E-state index contributed by atoms with van der Waals surface area (Å²) in [5.74, 6) is 0.819. The second kappa shape index (κ2) is 7.85. The van der Waals surface area contributed by atoms with Gasteiger partial charge in [-0.3, -0.25) is 4.79 Å². The molecule has 0 saturated carbocycles. The van der Waals surface area contributed by atoms with Gasteiger partial charge in [-0.1, -0.05) is 6.92 Å². The molecule has 5 nitrogen and oxygen atoms in total. The van der Waals surface area contributed by atoms with Crippen molar-refractivity contribution in [2.75, 3.05) is 46.1 Å². The van der Waals surface area contributed by atoms with E-state index in [0.717, 1.165) is 31.0 Å². The number of rotatable bonds is 7. The summed E-state index contributed by atoms with van der Waals surface area (Å²) in [5.41, 5.74) is 1.64. The molecular weight excluding hydrogens is 252 g/mol. The minimum Gasteiger partial charge on any atom is -0.370 e.